The van der Waals surface area contributed by atoms with Crippen LogP contribution in [0.4, 0.5) is 5.69 Å². The molecule has 2 aromatic heterocycles. The summed E-state index contributed by atoms with van der Waals surface area (Å²) in [7, 11) is 2.08. The first-order valence-electron chi connectivity index (χ1n) is 13.9. The Kier molecular flexibility index (Phi) is 7.86. The van der Waals surface area contributed by atoms with Crippen molar-refractivity contribution in [3.63, 3.8) is 0 Å². The van der Waals surface area contributed by atoms with Crippen LogP contribution in [0.2, 0.25) is 0 Å². The lowest BCUT2D eigenvalue weighted by atomic mass is 9.71. The van der Waals surface area contributed by atoms with Gasteiger partial charge in [0.1, 0.15) is 0 Å². The Morgan fingerprint density at radius 1 is 0.816 bits per heavy atom. The molecule has 0 atom stereocenters. The molecule has 5 nitrogen and oxygen atoms in total. The van der Waals surface area contributed by atoms with Crippen molar-refractivity contribution < 1.29 is 0 Å². The van der Waals surface area contributed by atoms with Crippen LogP contribution in [-0.2, 0) is 7.05 Å². The quantitative estimate of drug-likeness (QED) is 0.175. The number of aromatic nitrogens is 3. The Labute approximate surface area is 234 Å². The van der Waals surface area contributed by atoms with E-state index in [1.54, 1.807) is 11.3 Å². The van der Waals surface area contributed by atoms with E-state index in [0.29, 0.717) is 5.41 Å². The molecule has 1 spiro atoms. The lowest BCUT2D eigenvalue weighted by Gasteiger charge is -2.47. The predicted molar refractivity (Wildman–Crippen MR) is 161 cm³/mol. The molecule has 0 radical (unpaired) electrons. The van der Waals surface area contributed by atoms with Crippen molar-refractivity contribution in [3.8, 4) is 22.5 Å². The average Bonchev–Trinajstić information content (AvgIpc) is 3.64. The summed E-state index contributed by atoms with van der Waals surface area (Å²) in [4.78, 5) is 5.26. The van der Waals surface area contributed by atoms with E-state index in [1.807, 2.05) is 11.8 Å². The molecule has 0 N–H and O–H groups in total. The summed E-state index contributed by atoms with van der Waals surface area (Å²) in [6.07, 6.45) is 6.60. The number of thioether (sulfide) groups is 1. The van der Waals surface area contributed by atoms with E-state index in [0.717, 1.165) is 22.3 Å². The third kappa shape index (κ3) is 5.70. The van der Waals surface area contributed by atoms with Gasteiger partial charge in [-0.2, -0.15) is 11.3 Å². The molecule has 0 amide bonds. The van der Waals surface area contributed by atoms with Gasteiger partial charge in [-0.3, -0.25) is 0 Å². The summed E-state index contributed by atoms with van der Waals surface area (Å²) in [5.74, 6) is 2.01. The molecule has 2 aliphatic heterocycles. The molecule has 2 aromatic carbocycles. The molecule has 4 heterocycles. The fraction of sp³-hybridized carbons (Fsp3) is 0.419. The Morgan fingerprint density at radius 3 is 2.24 bits per heavy atom. The standard InChI is InChI=1S/C31H37N5S2/c1-34-29(26-10-8-25(9-11-26)27-12-23-37-24-27)32-33-30(34)38-22-5-17-35-18-13-31(14-19-35)15-20-36(21-16-31)28-6-3-2-4-7-28/h2-4,6-12,23-24H,5,13-22H2,1H3. The molecule has 2 aliphatic rings. The van der Waals surface area contributed by atoms with Crippen LogP contribution in [0, 0.1) is 5.41 Å². The van der Waals surface area contributed by atoms with Crippen LogP contribution in [0.3, 0.4) is 0 Å². The second-order valence-electron chi connectivity index (χ2n) is 10.8. The van der Waals surface area contributed by atoms with E-state index >= 15 is 0 Å². The van der Waals surface area contributed by atoms with Crippen LogP contribution in [0.15, 0.2) is 76.6 Å². The lowest BCUT2D eigenvalue weighted by molar-refractivity contribution is 0.0802. The largest absolute Gasteiger partial charge is 0.371 e. The molecule has 0 aliphatic carbocycles. The number of likely N-dealkylation sites (tertiary alicyclic amines) is 1. The van der Waals surface area contributed by atoms with Gasteiger partial charge < -0.3 is 14.4 Å². The zero-order valence-corrected chi connectivity index (χ0v) is 23.9. The summed E-state index contributed by atoms with van der Waals surface area (Å²) < 4.78 is 2.14. The Balaban J connectivity index is 0.935. The zero-order valence-electron chi connectivity index (χ0n) is 22.3. The molecular weight excluding hydrogens is 507 g/mol. The van der Waals surface area contributed by atoms with Gasteiger partial charge in [0.2, 0.25) is 0 Å². The minimum absolute atomic E-state index is 0.577. The van der Waals surface area contributed by atoms with Crippen molar-refractivity contribution in [2.45, 2.75) is 37.3 Å². The highest BCUT2D eigenvalue weighted by Gasteiger charge is 2.37. The first-order valence-corrected chi connectivity index (χ1v) is 15.8. The number of benzene rings is 2. The number of thiophene rings is 1. The van der Waals surface area contributed by atoms with Gasteiger partial charge in [-0.1, -0.05) is 54.2 Å². The number of rotatable bonds is 8. The van der Waals surface area contributed by atoms with Crippen molar-refractivity contribution in [2.75, 3.05) is 43.4 Å². The fourth-order valence-electron chi connectivity index (χ4n) is 6.01. The Hall–Kier alpha value is -2.61. The molecule has 38 heavy (non-hydrogen) atoms. The molecular formula is C31H37N5S2. The van der Waals surface area contributed by atoms with Crippen molar-refractivity contribution >= 4 is 28.8 Å². The summed E-state index contributed by atoms with van der Waals surface area (Å²) in [6.45, 7) is 6.11. The maximum Gasteiger partial charge on any atom is 0.191 e. The van der Waals surface area contributed by atoms with Crippen LogP contribution < -0.4 is 4.90 Å². The normalized spacial score (nSPS) is 17.8. The van der Waals surface area contributed by atoms with E-state index in [1.165, 1.54) is 81.6 Å². The van der Waals surface area contributed by atoms with Crippen LogP contribution in [-0.4, -0.2) is 58.1 Å². The molecule has 0 saturated carbocycles. The van der Waals surface area contributed by atoms with Crippen molar-refractivity contribution in [3.05, 3.63) is 71.4 Å². The highest BCUT2D eigenvalue weighted by atomic mass is 32.2. The van der Waals surface area contributed by atoms with Gasteiger partial charge >= 0.3 is 0 Å². The maximum atomic E-state index is 4.50. The van der Waals surface area contributed by atoms with Gasteiger partial charge in [0.05, 0.1) is 0 Å². The number of nitrogens with zero attached hydrogens (tertiary/aromatic N) is 5. The van der Waals surface area contributed by atoms with Crippen molar-refractivity contribution in [2.24, 2.45) is 12.5 Å². The highest BCUT2D eigenvalue weighted by Crippen LogP contribution is 2.42. The topological polar surface area (TPSA) is 37.2 Å². The van der Waals surface area contributed by atoms with E-state index in [2.05, 4.69) is 103 Å². The fourth-order valence-corrected chi connectivity index (χ4v) is 7.51. The van der Waals surface area contributed by atoms with Crippen LogP contribution in [0.5, 0.6) is 0 Å². The van der Waals surface area contributed by atoms with Gasteiger partial charge in [-0.15, -0.1) is 10.2 Å². The zero-order chi connectivity index (χ0) is 25.8. The third-order valence-electron chi connectivity index (χ3n) is 8.54. The Morgan fingerprint density at radius 2 is 1.53 bits per heavy atom. The molecule has 2 saturated heterocycles. The van der Waals surface area contributed by atoms with E-state index in [-0.39, 0.29) is 0 Å². The number of hydrogen-bond donors (Lipinski definition) is 0. The minimum atomic E-state index is 0.577. The van der Waals surface area contributed by atoms with Crippen molar-refractivity contribution in [1.29, 1.82) is 0 Å². The number of piperidine rings is 2. The number of para-hydroxylation sites is 1. The van der Waals surface area contributed by atoms with Gasteiger partial charge in [0.25, 0.3) is 0 Å². The summed E-state index contributed by atoms with van der Waals surface area (Å²) in [5, 5.41) is 14.3. The Bertz CT molecular complexity index is 1280. The molecule has 2 fully saturated rings. The van der Waals surface area contributed by atoms with Gasteiger partial charge in [0.15, 0.2) is 11.0 Å². The first kappa shape index (κ1) is 25.7. The molecule has 0 unspecified atom stereocenters. The highest BCUT2D eigenvalue weighted by molar-refractivity contribution is 7.99. The second kappa shape index (κ2) is 11.6. The van der Waals surface area contributed by atoms with Gasteiger partial charge in [-0.05, 0) is 97.2 Å². The van der Waals surface area contributed by atoms with E-state index in [4.69, 9.17) is 0 Å². The minimum Gasteiger partial charge on any atom is -0.371 e. The maximum absolute atomic E-state index is 4.50. The van der Waals surface area contributed by atoms with Crippen LogP contribution in [0.25, 0.3) is 22.5 Å². The molecule has 6 rings (SSSR count). The number of hydrogen-bond acceptors (Lipinski definition) is 6. The summed E-state index contributed by atoms with van der Waals surface area (Å²) in [6, 6.07) is 21.8. The second-order valence-corrected chi connectivity index (χ2v) is 12.7. The molecule has 7 heteroatoms. The van der Waals surface area contributed by atoms with E-state index in [9.17, 15) is 0 Å². The predicted octanol–water partition coefficient (Wildman–Crippen LogP) is 7.08. The molecule has 198 valence electrons. The summed E-state index contributed by atoms with van der Waals surface area (Å²) >= 11 is 3.56. The van der Waals surface area contributed by atoms with Gasteiger partial charge in [0, 0.05) is 37.1 Å². The smallest absolute Gasteiger partial charge is 0.191 e. The van der Waals surface area contributed by atoms with Crippen LogP contribution in [0.1, 0.15) is 32.1 Å². The van der Waals surface area contributed by atoms with Crippen LogP contribution >= 0.6 is 23.1 Å². The summed E-state index contributed by atoms with van der Waals surface area (Å²) in [5.41, 5.74) is 5.59. The monoisotopic (exact) mass is 543 g/mol. The average molecular weight is 544 g/mol. The molecule has 4 aromatic rings. The lowest BCUT2D eigenvalue weighted by Crippen LogP contribution is -2.47. The van der Waals surface area contributed by atoms with Crippen molar-refractivity contribution in [1.82, 2.24) is 19.7 Å². The SMILES string of the molecule is Cn1c(SCCCN2CCC3(CC2)CCN(c2ccccc2)CC3)nnc1-c1ccc(-c2ccsc2)cc1. The third-order valence-corrected chi connectivity index (χ3v) is 10.3. The number of anilines is 1. The molecule has 0 bridgehead atoms. The van der Waals surface area contributed by atoms with E-state index < -0.39 is 0 Å². The first-order chi connectivity index (χ1) is 18.7. The van der Waals surface area contributed by atoms with Gasteiger partial charge in [-0.25, -0.2) is 0 Å².